The average Bonchev–Trinajstić information content (AvgIpc) is 3.00. The van der Waals surface area contributed by atoms with E-state index in [2.05, 4.69) is 20.8 Å². The average molecular weight is 353 g/mol. The Morgan fingerprint density at radius 1 is 1.28 bits per heavy atom. The Morgan fingerprint density at radius 3 is 2.56 bits per heavy atom. The number of halogens is 4. The number of hydrogen-bond donors (Lipinski definition) is 3. The van der Waals surface area contributed by atoms with Gasteiger partial charge in [0.25, 0.3) is 0 Å². The zero-order valence-electron chi connectivity index (χ0n) is 13.0. The topological polar surface area (TPSA) is 76.5 Å². The van der Waals surface area contributed by atoms with E-state index >= 15 is 0 Å². The number of anilines is 1. The Hall–Kier alpha value is -2.76. The summed E-state index contributed by atoms with van der Waals surface area (Å²) in [7, 11) is 0. The third-order valence-electron chi connectivity index (χ3n) is 4.17. The number of H-pyrrole nitrogens is 1. The lowest BCUT2D eigenvalue weighted by molar-refractivity contribution is -0.137. The molecule has 1 aromatic carbocycles. The van der Waals surface area contributed by atoms with E-state index in [4.69, 9.17) is 5.26 Å². The van der Waals surface area contributed by atoms with Gasteiger partial charge in [-0.05, 0) is 12.1 Å². The molecule has 1 aromatic heterocycles. The van der Waals surface area contributed by atoms with Crippen molar-refractivity contribution in [3.63, 3.8) is 0 Å². The second kappa shape index (κ2) is 6.27. The van der Waals surface area contributed by atoms with Crippen LogP contribution in [0.15, 0.2) is 30.3 Å². The predicted molar refractivity (Wildman–Crippen MR) is 83.1 cm³/mol. The predicted octanol–water partition coefficient (Wildman–Crippen LogP) is 3.45. The Kier molecular flexibility index (Phi) is 4.29. The highest BCUT2D eigenvalue weighted by atomic mass is 19.4. The van der Waals surface area contributed by atoms with Gasteiger partial charge in [0.2, 0.25) is 0 Å². The van der Waals surface area contributed by atoms with Gasteiger partial charge in [0.15, 0.2) is 6.19 Å². The molecule has 9 heteroatoms. The summed E-state index contributed by atoms with van der Waals surface area (Å²) in [5.41, 5.74) is -1.14. The van der Waals surface area contributed by atoms with Crippen LogP contribution in [0.1, 0.15) is 18.4 Å². The maximum atomic E-state index is 14.3. The molecule has 1 aliphatic rings. The number of nitrogens with zero attached hydrogens (tertiary/aromatic N) is 2. The van der Waals surface area contributed by atoms with Crippen LogP contribution in [0.25, 0.3) is 11.3 Å². The molecule has 2 aromatic rings. The van der Waals surface area contributed by atoms with Crippen LogP contribution in [0.2, 0.25) is 0 Å². The molecule has 0 spiro atoms. The molecule has 132 valence electrons. The molecule has 5 nitrogen and oxygen atoms in total. The van der Waals surface area contributed by atoms with Crippen molar-refractivity contribution < 1.29 is 17.6 Å². The van der Waals surface area contributed by atoms with Crippen molar-refractivity contribution in [3.05, 3.63) is 35.9 Å². The molecule has 1 aliphatic carbocycles. The largest absolute Gasteiger partial charge is 0.416 e. The Bertz CT molecular complexity index is 769. The van der Waals surface area contributed by atoms with E-state index in [-0.39, 0.29) is 25.4 Å². The van der Waals surface area contributed by atoms with E-state index in [0.717, 1.165) is 12.1 Å². The number of hydrogen-bond acceptors (Lipinski definition) is 4. The highest BCUT2D eigenvalue weighted by molar-refractivity contribution is 5.63. The van der Waals surface area contributed by atoms with Crippen LogP contribution in [-0.4, -0.2) is 28.5 Å². The summed E-state index contributed by atoms with van der Waals surface area (Å²) < 4.78 is 52.0. The fraction of sp³-hybridized carbons (Fsp3) is 0.375. The first-order chi connectivity index (χ1) is 11.8. The highest BCUT2D eigenvalue weighted by Crippen LogP contribution is 2.36. The molecule has 0 unspecified atom stereocenters. The Balaban J connectivity index is 1.59. The molecular weight excluding hydrogens is 338 g/mol. The number of aromatic amines is 1. The van der Waals surface area contributed by atoms with Crippen molar-refractivity contribution >= 4 is 5.82 Å². The van der Waals surface area contributed by atoms with Crippen LogP contribution in [0.3, 0.4) is 0 Å². The number of nitriles is 1. The normalized spacial score (nSPS) is 22.8. The molecule has 0 amide bonds. The van der Waals surface area contributed by atoms with Crippen molar-refractivity contribution in [1.29, 1.82) is 5.26 Å². The van der Waals surface area contributed by atoms with Gasteiger partial charge in [0.05, 0.1) is 17.8 Å². The third kappa shape index (κ3) is 3.84. The van der Waals surface area contributed by atoms with E-state index in [9.17, 15) is 17.6 Å². The van der Waals surface area contributed by atoms with Crippen molar-refractivity contribution in [2.24, 2.45) is 0 Å². The summed E-state index contributed by atoms with van der Waals surface area (Å²) in [5, 5.41) is 20.6. The molecule has 0 saturated heterocycles. The van der Waals surface area contributed by atoms with Gasteiger partial charge in [-0.3, -0.25) is 5.10 Å². The van der Waals surface area contributed by atoms with E-state index in [1.165, 1.54) is 12.1 Å². The SMILES string of the molecule is N#CN[C@H]1C[C@](F)(CNc2cc(-c3ccc(C(F)(F)F)cc3)n[nH]2)C1. The van der Waals surface area contributed by atoms with Gasteiger partial charge in [-0.2, -0.15) is 23.5 Å². The van der Waals surface area contributed by atoms with Crippen LogP contribution in [0, 0.1) is 11.5 Å². The zero-order chi connectivity index (χ0) is 18.1. The number of alkyl halides is 4. The molecule has 0 atom stereocenters. The lowest BCUT2D eigenvalue weighted by Gasteiger charge is -2.40. The van der Waals surface area contributed by atoms with Gasteiger partial charge in [-0.25, -0.2) is 4.39 Å². The standard InChI is InChI=1S/C16H15F4N5/c17-15(6-12(7-15)23-9-21)8-22-14-5-13(24-25-14)10-1-3-11(4-2-10)16(18,19)20/h1-5,12,23H,6-8H2,(H2,22,24,25)/t12-,15+. The van der Waals surface area contributed by atoms with E-state index in [0.29, 0.717) is 17.1 Å². The van der Waals surface area contributed by atoms with Crippen LogP contribution < -0.4 is 10.6 Å². The van der Waals surface area contributed by atoms with E-state index in [1.54, 1.807) is 12.3 Å². The fourth-order valence-electron chi connectivity index (χ4n) is 2.80. The molecule has 3 rings (SSSR count). The van der Waals surface area contributed by atoms with Crippen LogP contribution >= 0.6 is 0 Å². The molecule has 1 heterocycles. The second-order valence-electron chi connectivity index (χ2n) is 6.11. The van der Waals surface area contributed by atoms with Crippen LogP contribution in [0.5, 0.6) is 0 Å². The van der Waals surface area contributed by atoms with Gasteiger partial charge in [-0.1, -0.05) is 12.1 Å². The molecule has 1 fully saturated rings. The zero-order valence-corrected chi connectivity index (χ0v) is 13.0. The van der Waals surface area contributed by atoms with E-state index in [1.807, 2.05) is 0 Å². The molecule has 25 heavy (non-hydrogen) atoms. The first kappa shape index (κ1) is 17.1. The van der Waals surface area contributed by atoms with Crippen molar-refractivity contribution in [3.8, 4) is 17.5 Å². The smallest absolute Gasteiger partial charge is 0.367 e. The number of benzene rings is 1. The summed E-state index contributed by atoms with van der Waals surface area (Å²) in [6.45, 7) is 0.0608. The summed E-state index contributed by atoms with van der Waals surface area (Å²) in [6, 6.07) is 6.12. The Morgan fingerprint density at radius 2 is 1.96 bits per heavy atom. The van der Waals surface area contributed by atoms with Gasteiger partial charge in [-0.15, -0.1) is 0 Å². The minimum Gasteiger partial charge on any atom is -0.367 e. The van der Waals surface area contributed by atoms with Crippen molar-refractivity contribution in [2.45, 2.75) is 30.7 Å². The number of nitrogens with one attached hydrogen (secondary N) is 3. The third-order valence-corrected chi connectivity index (χ3v) is 4.17. The molecule has 0 bridgehead atoms. The number of aromatic nitrogens is 2. The first-order valence-electron chi connectivity index (χ1n) is 7.59. The van der Waals surface area contributed by atoms with Crippen LogP contribution in [0.4, 0.5) is 23.4 Å². The summed E-state index contributed by atoms with van der Waals surface area (Å²) in [5.74, 6) is 0.476. The lowest BCUT2D eigenvalue weighted by Crippen LogP contribution is -2.53. The summed E-state index contributed by atoms with van der Waals surface area (Å²) >= 11 is 0. The summed E-state index contributed by atoms with van der Waals surface area (Å²) in [6.07, 6.45) is -2.10. The highest BCUT2D eigenvalue weighted by Gasteiger charge is 2.44. The number of rotatable bonds is 5. The molecular formula is C16H15F4N5. The first-order valence-corrected chi connectivity index (χ1v) is 7.59. The minimum atomic E-state index is -4.38. The lowest BCUT2D eigenvalue weighted by atomic mass is 9.77. The van der Waals surface area contributed by atoms with Crippen molar-refractivity contribution in [1.82, 2.24) is 15.5 Å². The quantitative estimate of drug-likeness (QED) is 0.437. The van der Waals surface area contributed by atoms with Crippen LogP contribution in [-0.2, 0) is 6.18 Å². The summed E-state index contributed by atoms with van der Waals surface area (Å²) in [4.78, 5) is 0. The second-order valence-corrected chi connectivity index (χ2v) is 6.11. The van der Waals surface area contributed by atoms with Crippen molar-refractivity contribution in [2.75, 3.05) is 11.9 Å². The van der Waals surface area contributed by atoms with E-state index < -0.39 is 17.4 Å². The molecule has 0 aliphatic heterocycles. The van der Waals surface area contributed by atoms with Gasteiger partial charge < -0.3 is 10.6 Å². The molecule has 1 saturated carbocycles. The maximum absolute atomic E-state index is 14.3. The molecule has 3 N–H and O–H groups in total. The Labute approximate surface area is 141 Å². The maximum Gasteiger partial charge on any atom is 0.416 e. The van der Waals surface area contributed by atoms with Gasteiger partial charge >= 0.3 is 6.18 Å². The van der Waals surface area contributed by atoms with Gasteiger partial charge in [0, 0.05) is 30.5 Å². The van der Waals surface area contributed by atoms with Gasteiger partial charge in [0.1, 0.15) is 11.5 Å². The fourth-order valence-corrected chi connectivity index (χ4v) is 2.80. The molecule has 0 radical (unpaired) electrons. The minimum absolute atomic E-state index is 0.0608. The monoisotopic (exact) mass is 353 g/mol.